The molecular weight excluding hydrogens is 432 g/mol. The Morgan fingerprint density at radius 2 is 1.94 bits per heavy atom. The molecule has 7 nitrogen and oxygen atoms in total. The third kappa shape index (κ3) is 5.74. The standard InChI is InChI=1S/C22H26N4O3S2/c1-4-10-23-19(27)13(2)24-20(28)14(3)30-12-17-25-21(29)18-16(11-31-22(18)26-17)15-8-6-5-7-9-15/h5-9,11,13-14H,4,10,12H2,1-3H3,(H,23,27)(H,24,28)(H,25,26,29)/t13-,14+/m1/s1. The van der Waals surface area contributed by atoms with Crippen molar-refractivity contribution >= 4 is 45.1 Å². The fraction of sp³-hybridized carbons (Fsp3) is 0.364. The number of hydrogen-bond acceptors (Lipinski definition) is 6. The summed E-state index contributed by atoms with van der Waals surface area (Å²) in [6, 6.07) is 9.14. The van der Waals surface area contributed by atoms with Gasteiger partial charge < -0.3 is 15.6 Å². The Morgan fingerprint density at radius 3 is 2.65 bits per heavy atom. The largest absolute Gasteiger partial charge is 0.354 e. The van der Waals surface area contributed by atoms with Crippen molar-refractivity contribution in [2.24, 2.45) is 0 Å². The first-order chi connectivity index (χ1) is 14.9. The first-order valence-corrected chi connectivity index (χ1v) is 12.1. The number of rotatable bonds is 9. The van der Waals surface area contributed by atoms with Crippen LogP contribution in [0, 0.1) is 0 Å². The lowest BCUT2D eigenvalue weighted by Crippen LogP contribution is -2.47. The molecule has 164 valence electrons. The lowest BCUT2D eigenvalue weighted by Gasteiger charge is -2.17. The number of carbonyl (C=O) groups excluding carboxylic acids is 2. The van der Waals surface area contributed by atoms with Crippen molar-refractivity contribution in [1.82, 2.24) is 20.6 Å². The molecular formula is C22H26N4O3S2. The zero-order valence-electron chi connectivity index (χ0n) is 17.7. The van der Waals surface area contributed by atoms with Gasteiger partial charge in [0, 0.05) is 17.5 Å². The van der Waals surface area contributed by atoms with Gasteiger partial charge in [-0.25, -0.2) is 4.98 Å². The van der Waals surface area contributed by atoms with Gasteiger partial charge >= 0.3 is 0 Å². The summed E-state index contributed by atoms with van der Waals surface area (Å²) in [5.74, 6) is 0.484. The second-order valence-electron chi connectivity index (χ2n) is 7.18. The predicted octanol–water partition coefficient (Wildman–Crippen LogP) is 3.30. The highest BCUT2D eigenvalue weighted by molar-refractivity contribution is 7.99. The first-order valence-electron chi connectivity index (χ1n) is 10.2. The Bertz CT molecular complexity index is 1110. The Labute approximate surface area is 189 Å². The number of carbonyl (C=O) groups is 2. The fourth-order valence-corrected chi connectivity index (χ4v) is 4.70. The molecule has 0 aliphatic heterocycles. The van der Waals surface area contributed by atoms with E-state index in [0.717, 1.165) is 17.5 Å². The maximum absolute atomic E-state index is 12.7. The summed E-state index contributed by atoms with van der Waals surface area (Å²) in [5.41, 5.74) is 1.67. The van der Waals surface area contributed by atoms with Crippen LogP contribution in [-0.2, 0) is 15.3 Å². The number of nitrogens with zero attached hydrogens (tertiary/aromatic N) is 1. The van der Waals surface area contributed by atoms with Crippen molar-refractivity contribution in [3.63, 3.8) is 0 Å². The van der Waals surface area contributed by atoms with Crippen molar-refractivity contribution < 1.29 is 9.59 Å². The highest BCUT2D eigenvalue weighted by atomic mass is 32.2. The average Bonchev–Trinajstić information content (AvgIpc) is 3.20. The lowest BCUT2D eigenvalue weighted by atomic mass is 10.1. The van der Waals surface area contributed by atoms with Crippen LogP contribution in [0.4, 0.5) is 0 Å². The van der Waals surface area contributed by atoms with E-state index in [1.54, 1.807) is 13.8 Å². The summed E-state index contributed by atoms with van der Waals surface area (Å²) in [7, 11) is 0. The monoisotopic (exact) mass is 458 g/mol. The summed E-state index contributed by atoms with van der Waals surface area (Å²) < 4.78 is 0. The van der Waals surface area contributed by atoms with Crippen LogP contribution in [0.1, 0.15) is 33.0 Å². The zero-order chi connectivity index (χ0) is 22.4. The minimum atomic E-state index is -0.598. The van der Waals surface area contributed by atoms with E-state index in [2.05, 4.69) is 20.6 Å². The molecule has 2 amide bonds. The summed E-state index contributed by atoms with van der Waals surface area (Å²) >= 11 is 2.79. The van der Waals surface area contributed by atoms with Gasteiger partial charge in [0.1, 0.15) is 16.7 Å². The number of benzene rings is 1. The molecule has 0 aliphatic carbocycles. The topological polar surface area (TPSA) is 104 Å². The molecule has 2 atom stereocenters. The number of hydrogen-bond donors (Lipinski definition) is 3. The third-order valence-electron chi connectivity index (χ3n) is 4.72. The van der Waals surface area contributed by atoms with Crippen LogP contribution < -0.4 is 16.2 Å². The van der Waals surface area contributed by atoms with E-state index in [1.165, 1.54) is 23.1 Å². The van der Waals surface area contributed by atoms with E-state index in [1.807, 2.05) is 42.6 Å². The SMILES string of the molecule is CCCNC(=O)[C@@H](C)NC(=O)[C@H](C)SCc1nc2scc(-c3ccccc3)c2c(=O)[nH]1. The lowest BCUT2D eigenvalue weighted by molar-refractivity contribution is -0.128. The molecule has 0 bridgehead atoms. The summed E-state index contributed by atoms with van der Waals surface area (Å²) in [6.07, 6.45) is 0.839. The number of thiophene rings is 1. The molecule has 2 heterocycles. The molecule has 31 heavy (non-hydrogen) atoms. The van der Waals surface area contributed by atoms with Crippen LogP contribution in [0.3, 0.4) is 0 Å². The second-order valence-corrected chi connectivity index (χ2v) is 9.37. The number of fused-ring (bicyclic) bond motifs is 1. The predicted molar refractivity (Wildman–Crippen MR) is 127 cm³/mol. The number of aromatic nitrogens is 2. The highest BCUT2D eigenvalue weighted by Gasteiger charge is 2.20. The quantitative estimate of drug-likeness (QED) is 0.456. The van der Waals surface area contributed by atoms with E-state index in [-0.39, 0.29) is 17.4 Å². The van der Waals surface area contributed by atoms with E-state index < -0.39 is 11.3 Å². The van der Waals surface area contributed by atoms with Crippen molar-refractivity contribution in [2.75, 3.05) is 6.54 Å². The Morgan fingerprint density at radius 1 is 1.19 bits per heavy atom. The molecule has 1 aromatic carbocycles. The summed E-state index contributed by atoms with van der Waals surface area (Å²) in [4.78, 5) is 45.1. The molecule has 3 N–H and O–H groups in total. The van der Waals surface area contributed by atoms with Gasteiger partial charge in [0.15, 0.2) is 0 Å². The zero-order valence-corrected chi connectivity index (χ0v) is 19.4. The van der Waals surface area contributed by atoms with Crippen LogP contribution in [0.5, 0.6) is 0 Å². The minimum Gasteiger partial charge on any atom is -0.354 e. The molecule has 0 spiro atoms. The molecule has 3 rings (SSSR count). The van der Waals surface area contributed by atoms with Crippen molar-refractivity contribution in [1.29, 1.82) is 0 Å². The van der Waals surface area contributed by atoms with Crippen LogP contribution >= 0.6 is 23.1 Å². The number of aromatic amines is 1. The van der Waals surface area contributed by atoms with Crippen molar-refractivity contribution in [2.45, 2.75) is 44.2 Å². The summed E-state index contributed by atoms with van der Waals surface area (Å²) in [5, 5.41) is 7.62. The van der Waals surface area contributed by atoms with Crippen LogP contribution in [-0.4, -0.2) is 39.6 Å². The molecule has 0 saturated carbocycles. The van der Waals surface area contributed by atoms with Gasteiger partial charge in [0.25, 0.3) is 5.56 Å². The smallest absolute Gasteiger partial charge is 0.260 e. The Balaban J connectivity index is 1.64. The molecule has 3 aromatic rings. The van der Waals surface area contributed by atoms with Gasteiger partial charge in [-0.15, -0.1) is 23.1 Å². The number of H-pyrrole nitrogens is 1. The van der Waals surface area contributed by atoms with Gasteiger partial charge in [-0.2, -0.15) is 0 Å². The number of nitrogens with one attached hydrogen (secondary N) is 3. The normalized spacial score (nSPS) is 13.0. The van der Waals surface area contributed by atoms with Gasteiger partial charge in [-0.3, -0.25) is 14.4 Å². The molecule has 9 heteroatoms. The van der Waals surface area contributed by atoms with Crippen LogP contribution in [0.25, 0.3) is 21.3 Å². The van der Waals surface area contributed by atoms with Gasteiger partial charge in [0.2, 0.25) is 11.8 Å². The molecule has 0 unspecified atom stereocenters. The van der Waals surface area contributed by atoms with E-state index in [0.29, 0.717) is 28.3 Å². The molecule has 0 saturated heterocycles. The molecule has 0 radical (unpaired) electrons. The van der Waals surface area contributed by atoms with Crippen molar-refractivity contribution in [3.8, 4) is 11.1 Å². The maximum Gasteiger partial charge on any atom is 0.260 e. The molecule has 0 aliphatic rings. The Hall–Kier alpha value is -2.65. The Kier molecular flexibility index (Phi) is 7.86. The number of amides is 2. The van der Waals surface area contributed by atoms with Gasteiger partial charge in [-0.05, 0) is 25.8 Å². The van der Waals surface area contributed by atoms with Crippen LogP contribution in [0.2, 0.25) is 0 Å². The highest BCUT2D eigenvalue weighted by Crippen LogP contribution is 2.30. The van der Waals surface area contributed by atoms with E-state index in [9.17, 15) is 14.4 Å². The maximum atomic E-state index is 12.7. The van der Waals surface area contributed by atoms with Crippen LogP contribution in [0.15, 0.2) is 40.5 Å². The fourth-order valence-electron chi connectivity index (χ4n) is 2.97. The summed E-state index contributed by atoms with van der Waals surface area (Å²) in [6.45, 7) is 5.98. The minimum absolute atomic E-state index is 0.181. The third-order valence-corrected chi connectivity index (χ3v) is 6.74. The first kappa shape index (κ1) is 23.0. The van der Waals surface area contributed by atoms with E-state index in [4.69, 9.17) is 0 Å². The van der Waals surface area contributed by atoms with Crippen molar-refractivity contribution in [3.05, 3.63) is 51.9 Å². The van der Waals surface area contributed by atoms with Gasteiger partial charge in [-0.1, -0.05) is 37.3 Å². The van der Waals surface area contributed by atoms with Gasteiger partial charge in [0.05, 0.1) is 16.4 Å². The number of thioether (sulfide) groups is 1. The second kappa shape index (κ2) is 10.6. The molecule has 2 aromatic heterocycles. The average molecular weight is 459 g/mol. The van der Waals surface area contributed by atoms with E-state index >= 15 is 0 Å². The molecule has 0 fully saturated rings.